The lowest BCUT2D eigenvalue weighted by molar-refractivity contribution is -0.134. The number of carbonyl (C=O) groups excluding carboxylic acids is 3. The molecule has 4 saturated heterocycles. The summed E-state index contributed by atoms with van der Waals surface area (Å²) in [6.07, 6.45) is 7.68. The van der Waals surface area contributed by atoms with Crippen molar-refractivity contribution in [3.8, 4) is 0 Å². The Labute approximate surface area is 304 Å². The molecular formula is C39H48ClN7O4. The highest BCUT2D eigenvalue weighted by Gasteiger charge is 2.39. The quantitative estimate of drug-likeness (QED) is 0.354. The molecule has 0 aliphatic carbocycles. The summed E-state index contributed by atoms with van der Waals surface area (Å²) < 4.78 is 1.23. The molecule has 270 valence electrons. The van der Waals surface area contributed by atoms with Crippen molar-refractivity contribution in [2.75, 3.05) is 56.5 Å². The molecular weight excluding hydrogens is 666 g/mol. The minimum absolute atomic E-state index is 0.101. The van der Waals surface area contributed by atoms with E-state index in [1.807, 2.05) is 17.0 Å². The van der Waals surface area contributed by atoms with Gasteiger partial charge in [-0.3, -0.25) is 24.5 Å². The number of aromatic nitrogens is 2. The highest BCUT2D eigenvalue weighted by molar-refractivity contribution is 6.32. The number of likely N-dealkylation sites (tertiary alicyclic amines) is 2. The Kier molecular flexibility index (Phi) is 9.95. The average molecular weight is 714 g/mol. The Bertz CT molecular complexity index is 1860. The summed E-state index contributed by atoms with van der Waals surface area (Å²) in [6.45, 7) is 7.36. The van der Waals surface area contributed by atoms with Crippen LogP contribution in [0.5, 0.6) is 0 Å². The van der Waals surface area contributed by atoms with Crippen LogP contribution in [0.2, 0.25) is 5.02 Å². The van der Waals surface area contributed by atoms with Gasteiger partial charge in [-0.25, -0.2) is 4.68 Å². The second kappa shape index (κ2) is 14.4. The molecule has 3 aromatic rings. The first kappa shape index (κ1) is 35.2. The van der Waals surface area contributed by atoms with E-state index in [1.54, 1.807) is 13.2 Å². The van der Waals surface area contributed by atoms with Crippen molar-refractivity contribution in [3.05, 3.63) is 86.3 Å². The number of rotatable bonds is 6. The molecule has 4 aliphatic rings. The third-order valence-corrected chi connectivity index (χ3v) is 12.2. The van der Waals surface area contributed by atoms with Crippen molar-refractivity contribution in [3.63, 3.8) is 0 Å². The van der Waals surface area contributed by atoms with Gasteiger partial charge < -0.3 is 20.0 Å². The van der Waals surface area contributed by atoms with Gasteiger partial charge in [-0.2, -0.15) is 5.10 Å². The SMILES string of the molecule is Cc1cc(C2CCC(=O)NC2=O)ccc1N1CCC2(CCN(C(=O)c3ccc([C@@H]4C[C@H](Nc5cnn(C)c(=O)c5Cl)CN(C)C4)cc3)CC2)CC1. The lowest BCUT2D eigenvalue weighted by atomic mass is 9.71. The lowest BCUT2D eigenvalue weighted by Crippen LogP contribution is -2.48. The molecule has 0 saturated carbocycles. The van der Waals surface area contributed by atoms with Gasteiger partial charge in [0.15, 0.2) is 0 Å². The van der Waals surface area contributed by atoms with Crippen molar-refractivity contribution in [1.29, 1.82) is 0 Å². The predicted octanol–water partition coefficient (Wildman–Crippen LogP) is 4.68. The number of nitrogens with zero attached hydrogens (tertiary/aromatic N) is 5. The van der Waals surface area contributed by atoms with Crippen LogP contribution in [-0.4, -0.2) is 89.7 Å². The van der Waals surface area contributed by atoms with E-state index in [1.165, 1.54) is 15.9 Å². The van der Waals surface area contributed by atoms with E-state index in [0.29, 0.717) is 18.5 Å². The van der Waals surface area contributed by atoms with Crippen molar-refractivity contribution in [1.82, 2.24) is 24.9 Å². The Morgan fingerprint density at radius 1 is 0.941 bits per heavy atom. The lowest BCUT2D eigenvalue weighted by Gasteiger charge is -2.47. The topological polar surface area (TPSA) is 120 Å². The number of carbonyl (C=O) groups is 3. The maximum absolute atomic E-state index is 13.6. The zero-order valence-corrected chi connectivity index (χ0v) is 30.5. The van der Waals surface area contributed by atoms with E-state index in [9.17, 15) is 19.2 Å². The number of anilines is 2. The molecule has 0 radical (unpaired) electrons. The van der Waals surface area contributed by atoms with Crippen LogP contribution < -0.4 is 21.1 Å². The third-order valence-electron chi connectivity index (χ3n) is 11.8. The van der Waals surface area contributed by atoms with Gasteiger partial charge in [-0.15, -0.1) is 0 Å². The fourth-order valence-corrected chi connectivity index (χ4v) is 8.97. The van der Waals surface area contributed by atoms with Crippen molar-refractivity contribution >= 4 is 40.7 Å². The van der Waals surface area contributed by atoms with Crippen LogP contribution in [0.4, 0.5) is 11.4 Å². The predicted molar refractivity (Wildman–Crippen MR) is 199 cm³/mol. The van der Waals surface area contributed by atoms with E-state index < -0.39 is 0 Å². The molecule has 2 N–H and O–H groups in total. The number of nitrogens with one attached hydrogen (secondary N) is 2. The molecule has 11 nitrogen and oxygen atoms in total. The number of amides is 3. The van der Waals surface area contributed by atoms with E-state index in [2.05, 4.69) is 69.8 Å². The van der Waals surface area contributed by atoms with Gasteiger partial charge in [0.05, 0.1) is 17.8 Å². The van der Waals surface area contributed by atoms with E-state index >= 15 is 0 Å². The summed E-state index contributed by atoms with van der Waals surface area (Å²) in [5.74, 6) is -0.267. The van der Waals surface area contributed by atoms with Crippen LogP contribution in [0.3, 0.4) is 0 Å². The molecule has 1 aromatic heterocycles. The Morgan fingerprint density at radius 2 is 1.63 bits per heavy atom. The molecule has 51 heavy (non-hydrogen) atoms. The fourth-order valence-electron chi connectivity index (χ4n) is 8.75. The van der Waals surface area contributed by atoms with Gasteiger partial charge >= 0.3 is 0 Å². The molecule has 1 unspecified atom stereocenters. The van der Waals surface area contributed by atoms with Crippen LogP contribution in [0.15, 0.2) is 53.5 Å². The molecule has 2 aromatic carbocycles. The molecule has 0 bridgehead atoms. The number of likely N-dealkylation sites (N-methyl/N-ethyl adjacent to an activating group) is 1. The molecule has 12 heteroatoms. The maximum Gasteiger partial charge on any atom is 0.287 e. The van der Waals surface area contributed by atoms with E-state index in [0.717, 1.165) is 88.1 Å². The van der Waals surface area contributed by atoms with Crippen molar-refractivity contribution in [2.45, 2.75) is 69.7 Å². The van der Waals surface area contributed by atoms with E-state index in [-0.39, 0.29) is 51.6 Å². The normalized spacial score (nSPS) is 24.0. The fraction of sp³-hybridized carbons (Fsp3) is 0.513. The molecule has 4 fully saturated rings. The standard InChI is InChI=1S/C39H48ClN7O4/c1-25-20-28(31-9-11-34(48)43-36(31)49)8-10-33(25)46-16-12-39(13-17-46)14-18-47(19-15-39)37(50)27-6-4-26(5-7-27)29-21-30(24-44(2)23-29)42-32-22-41-45(3)38(51)35(32)40/h4-8,10,20,22,29-31,42H,9,11-19,21,23-24H2,1-3H3,(H,43,48,49)/t29-,30+,31?/m1/s1. The monoisotopic (exact) mass is 713 g/mol. The van der Waals surface area contributed by atoms with Gasteiger partial charge in [0.2, 0.25) is 11.8 Å². The summed E-state index contributed by atoms with van der Waals surface area (Å²) in [6, 6.07) is 14.6. The van der Waals surface area contributed by atoms with Crippen molar-refractivity contribution < 1.29 is 14.4 Å². The number of piperidine rings is 4. The van der Waals surface area contributed by atoms with Gasteiger partial charge in [-0.05, 0) is 98.7 Å². The van der Waals surface area contributed by atoms with Crippen molar-refractivity contribution in [2.24, 2.45) is 12.5 Å². The minimum atomic E-state index is -0.320. The molecule has 3 atom stereocenters. The van der Waals surface area contributed by atoms with Gasteiger partial charge in [-0.1, -0.05) is 35.9 Å². The van der Waals surface area contributed by atoms with Crippen LogP contribution in [-0.2, 0) is 16.6 Å². The zero-order chi connectivity index (χ0) is 35.9. The zero-order valence-electron chi connectivity index (χ0n) is 29.8. The first-order valence-electron chi connectivity index (χ1n) is 18.2. The van der Waals surface area contributed by atoms with Gasteiger partial charge in [0.25, 0.3) is 11.5 Å². The van der Waals surface area contributed by atoms with Crippen LogP contribution in [0.1, 0.15) is 83.8 Å². The van der Waals surface area contributed by atoms with Gasteiger partial charge in [0.1, 0.15) is 5.02 Å². The molecule has 7 rings (SSSR count). The van der Waals surface area contributed by atoms with Crippen LogP contribution >= 0.6 is 11.6 Å². The maximum atomic E-state index is 13.6. The smallest absolute Gasteiger partial charge is 0.287 e. The number of benzene rings is 2. The first-order chi connectivity index (χ1) is 24.5. The minimum Gasteiger partial charge on any atom is -0.378 e. The number of hydrogen-bond acceptors (Lipinski definition) is 8. The third kappa shape index (κ3) is 7.42. The number of aryl methyl sites for hydroxylation is 2. The number of halogens is 1. The summed E-state index contributed by atoms with van der Waals surface area (Å²) >= 11 is 6.32. The highest BCUT2D eigenvalue weighted by atomic mass is 35.5. The van der Waals surface area contributed by atoms with Crippen LogP contribution in [0.25, 0.3) is 0 Å². The average Bonchev–Trinajstić information content (AvgIpc) is 3.12. The highest BCUT2D eigenvalue weighted by Crippen LogP contribution is 2.43. The van der Waals surface area contributed by atoms with Gasteiger partial charge in [0, 0.05) is 70.0 Å². The second-order valence-electron chi connectivity index (χ2n) is 15.2. The second-order valence-corrected chi connectivity index (χ2v) is 15.6. The largest absolute Gasteiger partial charge is 0.378 e. The molecule has 1 spiro atoms. The van der Waals surface area contributed by atoms with E-state index in [4.69, 9.17) is 11.6 Å². The summed E-state index contributed by atoms with van der Waals surface area (Å²) in [4.78, 5) is 56.6. The number of imide groups is 1. The molecule has 5 heterocycles. The Morgan fingerprint density at radius 3 is 2.31 bits per heavy atom. The molecule has 4 aliphatic heterocycles. The Balaban J connectivity index is 0.912. The van der Waals surface area contributed by atoms with Crippen LogP contribution in [0, 0.1) is 12.3 Å². The Hall–Kier alpha value is -4.22. The molecule has 3 amide bonds. The summed E-state index contributed by atoms with van der Waals surface area (Å²) in [7, 11) is 3.68. The first-order valence-corrected chi connectivity index (χ1v) is 18.6. The number of hydrogen-bond donors (Lipinski definition) is 2. The summed E-state index contributed by atoms with van der Waals surface area (Å²) in [5, 5.41) is 10.2. The summed E-state index contributed by atoms with van der Waals surface area (Å²) in [5.41, 5.74) is 5.79.